The lowest BCUT2D eigenvalue weighted by molar-refractivity contribution is -0.136. The van der Waals surface area contributed by atoms with Crippen LogP contribution in [0.4, 0.5) is 0 Å². The first-order valence-electron chi connectivity index (χ1n) is 8.09. The Kier molecular flexibility index (Phi) is 5.39. The second-order valence-electron chi connectivity index (χ2n) is 5.75. The summed E-state index contributed by atoms with van der Waals surface area (Å²) in [6.45, 7) is 0. The molecular formula is C20H17ClN2O3. The molecule has 132 valence electrons. The number of hydrogen-bond acceptors (Lipinski definition) is 2. The van der Waals surface area contributed by atoms with Gasteiger partial charge < -0.3 is 5.11 Å². The van der Waals surface area contributed by atoms with Crippen LogP contribution in [0.5, 0.6) is 0 Å². The van der Waals surface area contributed by atoms with Gasteiger partial charge >= 0.3 is 5.97 Å². The van der Waals surface area contributed by atoms with Gasteiger partial charge in [0.15, 0.2) is 0 Å². The Labute approximate surface area is 155 Å². The number of aryl methyl sites for hydroxylation is 1. The number of carbonyl (C=O) groups excluding carboxylic acids is 1. The van der Waals surface area contributed by atoms with Crippen LogP contribution in [0.1, 0.15) is 22.5 Å². The summed E-state index contributed by atoms with van der Waals surface area (Å²) in [6, 6.07) is 19.9. The second kappa shape index (κ2) is 7.89. The van der Waals surface area contributed by atoms with Gasteiger partial charge in [0, 0.05) is 28.3 Å². The highest BCUT2D eigenvalue weighted by atomic mass is 35.5. The van der Waals surface area contributed by atoms with E-state index >= 15 is 0 Å². The summed E-state index contributed by atoms with van der Waals surface area (Å²) >= 11 is 5.87. The number of carboxylic acid groups (broad SMARTS) is 1. The Hall–Kier alpha value is -3.05. The normalized spacial score (nSPS) is 10.5. The zero-order chi connectivity index (χ0) is 18.5. The predicted molar refractivity (Wildman–Crippen MR) is 101 cm³/mol. The van der Waals surface area contributed by atoms with Gasteiger partial charge in [-0.1, -0.05) is 41.9 Å². The maximum absolute atomic E-state index is 12.6. The molecule has 0 saturated heterocycles. The first-order chi connectivity index (χ1) is 12.5. The average molecular weight is 369 g/mol. The molecule has 1 heterocycles. The van der Waals surface area contributed by atoms with Crippen molar-refractivity contribution in [2.45, 2.75) is 12.8 Å². The summed E-state index contributed by atoms with van der Waals surface area (Å²) < 4.78 is 1.65. The quantitative estimate of drug-likeness (QED) is 0.684. The van der Waals surface area contributed by atoms with Crippen molar-refractivity contribution in [3.8, 4) is 11.3 Å². The van der Waals surface area contributed by atoms with Crippen LogP contribution in [-0.4, -0.2) is 21.7 Å². The molecule has 0 fully saturated rings. The van der Waals surface area contributed by atoms with Crippen molar-refractivity contribution in [1.29, 1.82) is 0 Å². The summed E-state index contributed by atoms with van der Waals surface area (Å²) in [5.74, 6) is -1.19. The SMILES string of the molecule is O=C(O)CCc1ccc(-c2ccccc2)n1NC(=O)c1ccc(Cl)cc1. The molecule has 0 bridgehead atoms. The first kappa shape index (κ1) is 17.8. The van der Waals surface area contributed by atoms with Crippen LogP contribution in [-0.2, 0) is 11.2 Å². The second-order valence-corrected chi connectivity index (χ2v) is 6.19. The third kappa shape index (κ3) is 4.13. The summed E-state index contributed by atoms with van der Waals surface area (Å²) in [6.07, 6.45) is 0.290. The van der Waals surface area contributed by atoms with E-state index in [1.807, 2.05) is 42.5 Å². The maximum atomic E-state index is 12.6. The topological polar surface area (TPSA) is 71.3 Å². The molecule has 5 nitrogen and oxygen atoms in total. The predicted octanol–water partition coefficient (Wildman–Crippen LogP) is 4.21. The van der Waals surface area contributed by atoms with Crippen molar-refractivity contribution in [2.24, 2.45) is 0 Å². The van der Waals surface area contributed by atoms with Gasteiger partial charge in [0.25, 0.3) is 5.91 Å². The van der Waals surface area contributed by atoms with Gasteiger partial charge in [-0.15, -0.1) is 0 Å². The monoisotopic (exact) mass is 368 g/mol. The molecule has 3 aromatic rings. The molecule has 0 aliphatic rings. The molecular weight excluding hydrogens is 352 g/mol. The minimum absolute atomic E-state index is 0.0188. The van der Waals surface area contributed by atoms with Gasteiger partial charge in [-0.3, -0.25) is 19.7 Å². The van der Waals surface area contributed by atoms with Gasteiger partial charge in [-0.25, -0.2) is 0 Å². The highest BCUT2D eigenvalue weighted by Crippen LogP contribution is 2.22. The Morgan fingerprint density at radius 3 is 2.31 bits per heavy atom. The number of nitrogens with zero attached hydrogens (tertiary/aromatic N) is 1. The smallest absolute Gasteiger partial charge is 0.303 e. The molecule has 0 atom stereocenters. The number of benzene rings is 2. The van der Waals surface area contributed by atoms with E-state index in [0.29, 0.717) is 22.7 Å². The molecule has 0 aliphatic carbocycles. The first-order valence-corrected chi connectivity index (χ1v) is 8.47. The van der Waals surface area contributed by atoms with Crippen LogP contribution in [0.25, 0.3) is 11.3 Å². The fraction of sp³-hybridized carbons (Fsp3) is 0.100. The van der Waals surface area contributed by atoms with Crippen LogP contribution in [0.3, 0.4) is 0 Å². The minimum Gasteiger partial charge on any atom is -0.481 e. The number of nitrogens with one attached hydrogen (secondary N) is 1. The Bertz CT molecular complexity index is 918. The number of carboxylic acids is 1. The zero-order valence-corrected chi connectivity index (χ0v) is 14.6. The zero-order valence-electron chi connectivity index (χ0n) is 13.9. The lowest BCUT2D eigenvalue weighted by Gasteiger charge is -2.15. The summed E-state index contributed by atoms with van der Waals surface area (Å²) in [7, 11) is 0. The van der Waals surface area contributed by atoms with E-state index in [-0.39, 0.29) is 12.3 Å². The van der Waals surface area contributed by atoms with Crippen molar-refractivity contribution in [1.82, 2.24) is 4.68 Å². The van der Waals surface area contributed by atoms with Gasteiger partial charge in [-0.05, 0) is 36.4 Å². The lowest BCUT2D eigenvalue weighted by atomic mass is 10.2. The van der Waals surface area contributed by atoms with Crippen LogP contribution >= 0.6 is 11.6 Å². The number of aliphatic carboxylic acids is 1. The molecule has 2 N–H and O–H groups in total. The molecule has 0 radical (unpaired) electrons. The van der Waals surface area contributed by atoms with Gasteiger partial charge in [0.2, 0.25) is 0 Å². The van der Waals surface area contributed by atoms with E-state index in [4.69, 9.17) is 16.7 Å². The van der Waals surface area contributed by atoms with Gasteiger partial charge in [-0.2, -0.15) is 0 Å². The highest BCUT2D eigenvalue weighted by Gasteiger charge is 2.14. The third-order valence-corrected chi connectivity index (χ3v) is 4.20. The number of aromatic nitrogens is 1. The molecule has 0 aliphatic heterocycles. The largest absolute Gasteiger partial charge is 0.481 e. The van der Waals surface area contributed by atoms with E-state index in [1.165, 1.54) is 0 Å². The van der Waals surface area contributed by atoms with Crippen molar-refractivity contribution < 1.29 is 14.7 Å². The lowest BCUT2D eigenvalue weighted by Crippen LogP contribution is -2.25. The number of rotatable bonds is 6. The number of hydrogen-bond donors (Lipinski definition) is 2. The average Bonchev–Trinajstić information content (AvgIpc) is 3.03. The summed E-state index contributed by atoms with van der Waals surface area (Å²) in [5, 5.41) is 9.52. The van der Waals surface area contributed by atoms with Crippen molar-refractivity contribution in [3.63, 3.8) is 0 Å². The summed E-state index contributed by atoms with van der Waals surface area (Å²) in [4.78, 5) is 23.5. The molecule has 1 aromatic heterocycles. The molecule has 0 unspecified atom stereocenters. The Morgan fingerprint density at radius 1 is 0.962 bits per heavy atom. The van der Waals surface area contributed by atoms with Crippen LogP contribution in [0, 0.1) is 0 Å². The fourth-order valence-corrected chi connectivity index (χ4v) is 2.77. The summed E-state index contributed by atoms with van der Waals surface area (Å²) in [5.41, 5.74) is 5.75. The third-order valence-electron chi connectivity index (χ3n) is 3.95. The highest BCUT2D eigenvalue weighted by molar-refractivity contribution is 6.30. The van der Waals surface area contributed by atoms with E-state index in [2.05, 4.69) is 5.43 Å². The van der Waals surface area contributed by atoms with E-state index in [0.717, 1.165) is 11.3 Å². The standard InChI is InChI=1S/C20H17ClN2O3/c21-16-8-6-15(7-9-16)20(26)22-23-17(11-13-19(24)25)10-12-18(23)14-4-2-1-3-5-14/h1-10,12H,11,13H2,(H,22,26)(H,24,25). The van der Waals surface area contributed by atoms with Crippen LogP contribution in [0.15, 0.2) is 66.7 Å². The van der Waals surface area contributed by atoms with Crippen LogP contribution < -0.4 is 5.43 Å². The van der Waals surface area contributed by atoms with E-state index in [9.17, 15) is 9.59 Å². The molecule has 2 aromatic carbocycles. The van der Waals surface area contributed by atoms with Crippen molar-refractivity contribution in [2.75, 3.05) is 5.43 Å². The van der Waals surface area contributed by atoms with Crippen LogP contribution in [0.2, 0.25) is 5.02 Å². The maximum Gasteiger partial charge on any atom is 0.303 e. The number of carbonyl (C=O) groups is 2. The number of amides is 1. The Morgan fingerprint density at radius 2 is 1.65 bits per heavy atom. The molecule has 6 heteroatoms. The van der Waals surface area contributed by atoms with Gasteiger partial charge in [0.1, 0.15) is 0 Å². The molecule has 0 spiro atoms. The van der Waals surface area contributed by atoms with Crippen molar-refractivity contribution >= 4 is 23.5 Å². The molecule has 26 heavy (non-hydrogen) atoms. The molecule has 0 saturated carbocycles. The van der Waals surface area contributed by atoms with E-state index in [1.54, 1.807) is 28.9 Å². The fourth-order valence-electron chi connectivity index (χ4n) is 2.64. The van der Waals surface area contributed by atoms with Gasteiger partial charge in [0.05, 0.1) is 12.1 Å². The number of halogens is 1. The molecule has 1 amide bonds. The Balaban J connectivity index is 1.94. The molecule has 3 rings (SSSR count). The van der Waals surface area contributed by atoms with E-state index < -0.39 is 5.97 Å². The minimum atomic E-state index is -0.886. The van der Waals surface area contributed by atoms with Crippen molar-refractivity contribution in [3.05, 3.63) is 83.0 Å².